The number of para-hydroxylation sites is 1. The number of halogens is 2. The van der Waals surface area contributed by atoms with E-state index in [4.69, 9.17) is 4.42 Å². The Hall–Kier alpha value is -4.00. The molecule has 1 aliphatic heterocycles. The Morgan fingerprint density at radius 3 is 2.34 bits per heavy atom. The highest BCUT2D eigenvalue weighted by atomic mass is 19.1. The second-order valence-corrected chi connectivity index (χ2v) is 8.73. The van der Waals surface area contributed by atoms with E-state index in [1.807, 2.05) is 60.7 Å². The van der Waals surface area contributed by atoms with Gasteiger partial charge in [0.2, 0.25) is 5.91 Å². The molecule has 0 radical (unpaired) electrons. The SMILES string of the molecule is O=C(NC(c1ccccc1)c1cc2ccccc2o1)C1CCN(C(=O)c2ccc(F)cc2F)CC1. The molecule has 0 bridgehead atoms. The third-order valence-electron chi connectivity index (χ3n) is 6.46. The van der Waals surface area contributed by atoms with Gasteiger partial charge in [-0.05, 0) is 42.7 Å². The first kappa shape index (κ1) is 22.8. The van der Waals surface area contributed by atoms with E-state index < -0.39 is 23.6 Å². The van der Waals surface area contributed by atoms with Gasteiger partial charge in [0.1, 0.15) is 29.0 Å². The fraction of sp³-hybridized carbons (Fsp3) is 0.214. The molecule has 1 N–H and O–H groups in total. The number of hydrogen-bond acceptors (Lipinski definition) is 3. The van der Waals surface area contributed by atoms with Crippen molar-refractivity contribution in [1.29, 1.82) is 0 Å². The molecule has 178 valence electrons. The zero-order chi connectivity index (χ0) is 24.4. The largest absolute Gasteiger partial charge is 0.459 e. The van der Waals surface area contributed by atoms with E-state index in [2.05, 4.69) is 5.32 Å². The van der Waals surface area contributed by atoms with Gasteiger partial charge < -0.3 is 14.6 Å². The molecule has 1 atom stereocenters. The maximum atomic E-state index is 14.0. The summed E-state index contributed by atoms with van der Waals surface area (Å²) in [4.78, 5) is 27.5. The second-order valence-electron chi connectivity index (χ2n) is 8.73. The Labute approximate surface area is 201 Å². The van der Waals surface area contributed by atoms with Gasteiger partial charge in [0.25, 0.3) is 5.91 Å². The molecule has 1 aromatic heterocycles. The molecule has 1 unspecified atom stereocenters. The summed E-state index contributed by atoms with van der Waals surface area (Å²) < 4.78 is 33.3. The van der Waals surface area contributed by atoms with Crippen LogP contribution in [-0.4, -0.2) is 29.8 Å². The first-order valence-corrected chi connectivity index (χ1v) is 11.6. The number of hydrogen-bond donors (Lipinski definition) is 1. The number of fused-ring (bicyclic) bond motifs is 1. The first-order chi connectivity index (χ1) is 17.0. The summed E-state index contributed by atoms with van der Waals surface area (Å²) >= 11 is 0. The number of carbonyl (C=O) groups excluding carboxylic acids is 2. The van der Waals surface area contributed by atoms with E-state index in [-0.39, 0.29) is 17.4 Å². The van der Waals surface area contributed by atoms with Crippen LogP contribution in [0.5, 0.6) is 0 Å². The average molecular weight is 475 g/mol. The van der Waals surface area contributed by atoms with Crippen molar-refractivity contribution in [1.82, 2.24) is 10.2 Å². The molecule has 7 heteroatoms. The number of carbonyl (C=O) groups is 2. The van der Waals surface area contributed by atoms with Crippen LogP contribution in [0.1, 0.15) is 40.6 Å². The molecule has 1 aliphatic rings. The number of benzene rings is 3. The summed E-state index contributed by atoms with van der Waals surface area (Å²) in [6, 6.07) is 21.7. The molecule has 0 aliphatic carbocycles. The van der Waals surface area contributed by atoms with Gasteiger partial charge in [-0.2, -0.15) is 0 Å². The van der Waals surface area contributed by atoms with Gasteiger partial charge in [-0.15, -0.1) is 0 Å². The Morgan fingerprint density at radius 2 is 1.63 bits per heavy atom. The molecule has 1 fully saturated rings. The van der Waals surface area contributed by atoms with Crippen LogP contribution in [-0.2, 0) is 4.79 Å². The van der Waals surface area contributed by atoms with E-state index >= 15 is 0 Å². The lowest BCUT2D eigenvalue weighted by molar-refractivity contribution is -0.126. The molecule has 2 amide bonds. The minimum atomic E-state index is -0.883. The molecule has 2 heterocycles. The van der Waals surface area contributed by atoms with Crippen LogP contribution in [0.25, 0.3) is 11.0 Å². The minimum absolute atomic E-state index is 0.126. The zero-order valence-corrected chi connectivity index (χ0v) is 18.9. The van der Waals surface area contributed by atoms with E-state index in [0.29, 0.717) is 37.8 Å². The van der Waals surface area contributed by atoms with Crippen LogP contribution in [0.4, 0.5) is 8.78 Å². The van der Waals surface area contributed by atoms with E-state index in [1.165, 1.54) is 4.90 Å². The maximum Gasteiger partial charge on any atom is 0.256 e. The predicted octanol–water partition coefficient (Wildman–Crippen LogP) is 5.47. The Bertz CT molecular complexity index is 1330. The molecule has 0 saturated carbocycles. The van der Waals surface area contributed by atoms with Crippen molar-refractivity contribution in [3.8, 4) is 0 Å². The fourth-order valence-electron chi connectivity index (χ4n) is 4.55. The molecule has 5 nitrogen and oxygen atoms in total. The standard InChI is InChI=1S/C28H24F2N2O3/c29-21-10-11-22(23(30)17-21)28(34)32-14-12-19(13-15-32)27(33)31-26(18-6-2-1-3-7-18)25-16-20-8-4-5-9-24(20)35-25/h1-11,16-17,19,26H,12-15H2,(H,31,33). The van der Waals surface area contributed by atoms with Gasteiger partial charge in [-0.3, -0.25) is 9.59 Å². The third kappa shape index (κ3) is 4.80. The van der Waals surface area contributed by atoms with E-state index in [1.54, 1.807) is 0 Å². The lowest BCUT2D eigenvalue weighted by Crippen LogP contribution is -2.44. The molecular formula is C28H24F2N2O3. The number of nitrogens with zero attached hydrogens (tertiary/aromatic N) is 1. The van der Waals surface area contributed by atoms with E-state index in [9.17, 15) is 18.4 Å². The highest BCUT2D eigenvalue weighted by Crippen LogP contribution is 2.29. The molecule has 3 aromatic carbocycles. The fourth-order valence-corrected chi connectivity index (χ4v) is 4.55. The molecule has 4 aromatic rings. The lowest BCUT2D eigenvalue weighted by atomic mass is 9.94. The van der Waals surface area contributed by atoms with Gasteiger partial charge >= 0.3 is 0 Å². The summed E-state index contributed by atoms with van der Waals surface area (Å²) in [7, 11) is 0. The Kier molecular flexibility index (Phi) is 6.31. The highest BCUT2D eigenvalue weighted by Gasteiger charge is 2.31. The molecule has 1 saturated heterocycles. The van der Waals surface area contributed by atoms with Crippen LogP contribution in [0.2, 0.25) is 0 Å². The number of likely N-dealkylation sites (tertiary alicyclic amines) is 1. The summed E-state index contributed by atoms with van der Waals surface area (Å²) in [6.07, 6.45) is 0.893. The first-order valence-electron chi connectivity index (χ1n) is 11.6. The number of nitrogens with one attached hydrogen (secondary N) is 1. The van der Waals surface area contributed by atoms with Crippen molar-refractivity contribution in [3.63, 3.8) is 0 Å². The number of furan rings is 1. The number of amides is 2. The lowest BCUT2D eigenvalue weighted by Gasteiger charge is -2.32. The zero-order valence-electron chi connectivity index (χ0n) is 18.9. The van der Waals surface area contributed by atoms with Crippen LogP contribution in [0.3, 0.4) is 0 Å². The van der Waals surface area contributed by atoms with Crippen LogP contribution < -0.4 is 5.32 Å². The second kappa shape index (κ2) is 9.70. The number of piperidine rings is 1. The summed E-state index contributed by atoms with van der Waals surface area (Å²) in [5.41, 5.74) is 1.49. The van der Waals surface area contributed by atoms with Crippen molar-refractivity contribution in [3.05, 3.63) is 107 Å². The van der Waals surface area contributed by atoms with Crippen molar-refractivity contribution >= 4 is 22.8 Å². The van der Waals surface area contributed by atoms with Crippen molar-refractivity contribution in [2.45, 2.75) is 18.9 Å². The van der Waals surface area contributed by atoms with Crippen LogP contribution in [0, 0.1) is 17.6 Å². The van der Waals surface area contributed by atoms with Gasteiger partial charge in [0.05, 0.1) is 5.56 Å². The smallest absolute Gasteiger partial charge is 0.256 e. The van der Waals surface area contributed by atoms with Crippen LogP contribution in [0.15, 0.2) is 83.3 Å². The molecule has 0 spiro atoms. The minimum Gasteiger partial charge on any atom is -0.459 e. The Balaban J connectivity index is 1.29. The van der Waals surface area contributed by atoms with Gasteiger partial charge in [-0.1, -0.05) is 48.5 Å². The van der Waals surface area contributed by atoms with Crippen LogP contribution >= 0.6 is 0 Å². The topological polar surface area (TPSA) is 62.6 Å². The average Bonchev–Trinajstić information content (AvgIpc) is 3.31. The maximum absolute atomic E-state index is 14.0. The summed E-state index contributed by atoms with van der Waals surface area (Å²) in [5.74, 6) is -1.89. The van der Waals surface area contributed by atoms with Gasteiger partial charge in [0, 0.05) is 30.5 Å². The summed E-state index contributed by atoms with van der Waals surface area (Å²) in [6.45, 7) is 0.628. The monoisotopic (exact) mass is 474 g/mol. The van der Waals surface area contributed by atoms with Gasteiger partial charge in [-0.25, -0.2) is 8.78 Å². The van der Waals surface area contributed by atoms with E-state index in [0.717, 1.165) is 28.7 Å². The summed E-state index contributed by atoms with van der Waals surface area (Å²) in [5, 5.41) is 4.09. The third-order valence-corrected chi connectivity index (χ3v) is 6.46. The Morgan fingerprint density at radius 1 is 0.914 bits per heavy atom. The highest BCUT2D eigenvalue weighted by molar-refractivity contribution is 5.94. The normalized spacial score (nSPS) is 15.2. The van der Waals surface area contributed by atoms with Crippen molar-refractivity contribution < 1.29 is 22.8 Å². The quantitative estimate of drug-likeness (QED) is 0.417. The van der Waals surface area contributed by atoms with Crippen molar-refractivity contribution in [2.75, 3.05) is 13.1 Å². The number of rotatable bonds is 5. The van der Waals surface area contributed by atoms with Gasteiger partial charge in [0.15, 0.2) is 0 Å². The molecular weight excluding hydrogens is 450 g/mol. The molecule has 5 rings (SSSR count). The predicted molar refractivity (Wildman–Crippen MR) is 128 cm³/mol. The molecule has 35 heavy (non-hydrogen) atoms. The van der Waals surface area contributed by atoms with Crippen molar-refractivity contribution in [2.24, 2.45) is 5.92 Å².